The van der Waals surface area contributed by atoms with Gasteiger partial charge in [-0.15, -0.1) is 22.7 Å². The van der Waals surface area contributed by atoms with Gasteiger partial charge >= 0.3 is 0 Å². The Morgan fingerprint density at radius 3 is 2.39 bits per heavy atom. The van der Waals surface area contributed by atoms with Gasteiger partial charge in [-0.3, -0.25) is 9.52 Å². The highest BCUT2D eigenvalue weighted by Gasteiger charge is 2.35. The lowest BCUT2D eigenvalue weighted by atomic mass is 9.99. The molecule has 0 bridgehead atoms. The maximum absolute atomic E-state index is 13.6. The van der Waals surface area contributed by atoms with E-state index in [4.69, 9.17) is 4.74 Å². The molecule has 0 fully saturated rings. The zero-order valence-corrected chi connectivity index (χ0v) is 24.2. The van der Waals surface area contributed by atoms with Crippen LogP contribution in [0.5, 0.6) is 5.75 Å². The molecule has 3 heterocycles. The topological polar surface area (TPSA) is 133 Å². The molecule has 3 atom stereocenters. The number of sulfonamides is 2. The van der Waals surface area contributed by atoms with Crippen LogP contribution in [0, 0.1) is 5.92 Å². The second-order valence-electron chi connectivity index (χ2n) is 9.09. The first-order valence-corrected chi connectivity index (χ1v) is 16.4. The number of rotatable bonds is 9. The van der Waals surface area contributed by atoms with Gasteiger partial charge in [-0.1, -0.05) is 19.1 Å². The molecule has 1 aromatic carbocycles. The smallest absolute Gasteiger partial charge is 0.271 e. The van der Waals surface area contributed by atoms with E-state index >= 15 is 0 Å². The summed E-state index contributed by atoms with van der Waals surface area (Å²) in [6.45, 7) is 3.50. The first-order valence-electron chi connectivity index (χ1n) is 11.7. The number of aliphatic hydroxyl groups is 1. The Kier molecular flexibility index (Phi) is 8.49. The fourth-order valence-corrected chi connectivity index (χ4v) is 8.47. The third-order valence-electron chi connectivity index (χ3n) is 6.27. The van der Waals surface area contributed by atoms with Gasteiger partial charge in [0, 0.05) is 25.2 Å². The molecule has 14 heteroatoms. The van der Waals surface area contributed by atoms with E-state index < -0.39 is 38.1 Å². The molecule has 0 saturated heterocycles. The van der Waals surface area contributed by atoms with Crippen molar-refractivity contribution < 1.29 is 31.5 Å². The zero-order valence-electron chi connectivity index (χ0n) is 21.0. The Labute approximate surface area is 230 Å². The molecular formula is C24H29N3O7S4. The second-order valence-corrected chi connectivity index (χ2v) is 15.2. The number of hydrogen-bond donors (Lipinski definition) is 2. The van der Waals surface area contributed by atoms with Gasteiger partial charge < -0.3 is 14.7 Å². The molecule has 0 unspecified atom stereocenters. The van der Waals surface area contributed by atoms with E-state index in [1.165, 1.54) is 46.6 Å². The van der Waals surface area contributed by atoms with Crippen LogP contribution in [-0.2, 0) is 20.0 Å². The predicted octanol–water partition coefficient (Wildman–Crippen LogP) is 3.15. The van der Waals surface area contributed by atoms with Crippen LogP contribution in [0.4, 0.5) is 5.69 Å². The Balaban J connectivity index is 1.68. The molecule has 10 nitrogen and oxygen atoms in total. The SMILES string of the molecule is C[C@H](CO)N1C[C@H](C)[C@@H](CN(C)S(=O)(=O)c2cccs2)Oc2ccc(NS(=O)(=O)c3cccs3)cc2C1=O. The first kappa shape index (κ1) is 28.5. The third-order valence-corrected chi connectivity index (χ3v) is 12.2. The monoisotopic (exact) mass is 599 g/mol. The summed E-state index contributed by atoms with van der Waals surface area (Å²) >= 11 is 2.19. The lowest BCUT2D eigenvalue weighted by Gasteiger charge is -2.38. The molecule has 4 rings (SSSR count). The number of carbonyl (C=O) groups excluding carboxylic acids is 1. The normalized spacial score (nSPS) is 19.4. The predicted molar refractivity (Wildman–Crippen MR) is 147 cm³/mol. The van der Waals surface area contributed by atoms with Crippen molar-refractivity contribution in [1.29, 1.82) is 0 Å². The van der Waals surface area contributed by atoms with E-state index in [1.807, 2.05) is 6.92 Å². The number of thiophene rings is 2. The summed E-state index contributed by atoms with van der Waals surface area (Å²) in [5.41, 5.74) is 0.283. The Hall–Kier alpha value is -2.49. The number of aliphatic hydroxyl groups excluding tert-OH is 1. The van der Waals surface area contributed by atoms with E-state index in [9.17, 15) is 26.7 Å². The maximum atomic E-state index is 13.6. The van der Waals surface area contributed by atoms with Crippen molar-refractivity contribution in [2.24, 2.45) is 5.92 Å². The second kappa shape index (κ2) is 11.3. The fraction of sp³-hybridized carbons (Fsp3) is 0.375. The highest BCUT2D eigenvalue weighted by Crippen LogP contribution is 2.32. The van der Waals surface area contributed by atoms with E-state index in [1.54, 1.807) is 29.8 Å². The van der Waals surface area contributed by atoms with E-state index in [0.717, 1.165) is 22.7 Å². The molecule has 1 aliphatic rings. The largest absolute Gasteiger partial charge is 0.488 e. The van der Waals surface area contributed by atoms with Crippen molar-refractivity contribution >= 4 is 54.3 Å². The average Bonchev–Trinajstić information content (AvgIpc) is 3.61. The molecule has 0 radical (unpaired) electrons. The average molecular weight is 600 g/mol. The highest BCUT2D eigenvalue weighted by atomic mass is 32.3. The summed E-state index contributed by atoms with van der Waals surface area (Å²) in [4.78, 5) is 15.1. The van der Waals surface area contributed by atoms with E-state index in [0.29, 0.717) is 0 Å². The van der Waals surface area contributed by atoms with Gasteiger partial charge in [-0.2, -0.15) is 4.31 Å². The van der Waals surface area contributed by atoms with Crippen molar-refractivity contribution in [2.75, 3.05) is 31.5 Å². The number of ether oxygens (including phenoxy) is 1. The zero-order chi connectivity index (χ0) is 27.7. The van der Waals surface area contributed by atoms with Crippen molar-refractivity contribution in [3.05, 3.63) is 58.8 Å². The van der Waals surface area contributed by atoms with Gasteiger partial charge in [0.1, 0.15) is 20.3 Å². The number of anilines is 1. The van der Waals surface area contributed by atoms with Gasteiger partial charge in [0.2, 0.25) is 0 Å². The Morgan fingerprint density at radius 1 is 1.13 bits per heavy atom. The molecule has 2 aromatic heterocycles. The number of nitrogens with one attached hydrogen (secondary N) is 1. The van der Waals surface area contributed by atoms with E-state index in [-0.39, 0.29) is 51.0 Å². The van der Waals surface area contributed by atoms with Gasteiger partial charge in [0.15, 0.2) is 0 Å². The lowest BCUT2D eigenvalue weighted by molar-refractivity contribution is 0.0387. The van der Waals surface area contributed by atoms with E-state index in [2.05, 4.69) is 4.72 Å². The summed E-state index contributed by atoms with van der Waals surface area (Å²) in [6.07, 6.45) is -0.636. The third kappa shape index (κ3) is 5.90. The van der Waals surface area contributed by atoms with Crippen molar-refractivity contribution in [2.45, 2.75) is 34.4 Å². The fourth-order valence-electron chi connectivity index (χ4n) is 4.04. The molecule has 0 aliphatic carbocycles. The van der Waals surface area contributed by atoms with Crippen LogP contribution in [0.1, 0.15) is 24.2 Å². The molecule has 0 spiro atoms. The van der Waals surface area contributed by atoms with Gasteiger partial charge in [0.05, 0.1) is 24.8 Å². The first-order chi connectivity index (χ1) is 17.9. The number of fused-ring (bicyclic) bond motifs is 1. The van der Waals surface area contributed by atoms with Crippen LogP contribution in [0.25, 0.3) is 0 Å². The summed E-state index contributed by atoms with van der Waals surface area (Å²) in [5.74, 6) is -0.523. The van der Waals surface area contributed by atoms with Crippen molar-refractivity contribution in [3.8, 4) is 5.75 Å². The number of amides is 1. The molecule has 1 aliphatic heterocycles. The summed E-state index contributed by atoms with van der Waals surface area (Å²) in [7, 11) is -6.10. The summed E-state index contributed by atoms with van der Waals surface area (Å²) in [5, 5.41) is 13.2. The van der Waals surface area contributed by atoms with Crippen LogP contribution in [0.2, 0.25) is 0 Å². The quantitative estimate of drug-likeness (QED) is 0.386. The van der Waals surface area contributed by atoms with Crippen molar-refractivity contribution in [1.82, 2.24) is 9.21 Å². The van der Waals surface area contributed by atoms with Crippen LogP contribution in [0.15, 0.2) is 61.6 Å². The molecular weight excluding hydrogens is 571 g/mol. The Morgan fingerprint density at radius 2 is 1.79 bits per heavy atom. The minimum atomic E-state index is -3.85. The summed E-state index contributed by atoms with van der Waals surface area (Å²) < 4.78 is 61.9. The minimum absolute atomic E-state index is 0.0170. The number of hydrogen-bond acceptors (Lipinski definition) is 9. The number of benzene rings is 1. The lowest BCUT2D eigenvalue weighted by Crippen LogP contribution is -2.50. The van der Waals surface area contributed by atoms with Gasteiger partial charge in [0.25, 0.3) is 26.0 Å². The highest BCUT2D eigenvalue weighted by molar-refractivity contribution is 7.94. The molecule has 206 valence electrons. The van der Waals surface area contributed by atoms with Crippen LogP contribution >= 0.6 is 22.7 Å². The van der Waals surface area contributed by atoms with Gasteiger partial charge in [-0.25, -0.2) is 16.8 Å². The number of likely N-dealkylation sites (N-methyl/N-ethyl adjacent to an activating group) is 1. The molecule has 3 aromatic rings. The maximum Gasteiger partial charge on any atom is 0.271 e. The van der Waals surface area contributed by atoms with Gasteiger partial charge in [-0.05, 0) is 48.0 Å². The number of carbonyl (C=O) groups is 1. The molecule has 2 N–H and O–H groups in total. The molecule has 1 amide bonds. The van der Waals surface area contributed by atoms with Crippen molar-refractivity contribution in [3.63, 3.8) is 0 Å². The standard InChI is InChI=1S/C24H29N3O7S4/c1-16-13-27(17(2)15-28)24(29)19-12-18(25-37(30,31)22-6-4-10-35-22)8-9-20(19)34-21(16)14-26(3)38(32,33)23-7-5-11-36-23/h4-12,16-17,21,25,28H,13-15H2,1-3H3/t16-,17+,21+/m0/s1. The minimum Gasteiger partial charge on any atom is -0.488 e. The Bertz CT molecular complexity index is 1470. The number of nitrogens with zero attached hydrogens (tertiary/aromatic N) is 2. The molecule has 38 heavy (non-hydrogen) atoms. The van der Waals surface area contributed by atoms with Crippen LogP contribution < -0.4 is 9.46 Å². The van der Waals surface area contributed by atoms with Crippen LogP contribution in [0.3, 0.4) is 0 Å². The molecule has 0 saturated carbocycles. The van der Waals surface area contributed by atoms with Crippen LogP contribution in [-0.4, -0.2) is 75.9 Å². The summed E-state index contributed by atoms with van der Waals surface area (Å²) in [6, 6.07) is 10.2.